The molecule has 142 valence electrons. The molecule has 2 aromatic heterocycles. The Morgan fingerprint density at radius 3 is 2.75 bits per heavy atom. The lowest BCUT2D eigenvalue weighted by molar-refractivity contribution is 0.252. The van der Waals surface area contributed by atoms with Gasteiger partial charge in [-0.25, -0.2) is 0 Å². The maximum atomic E-state index is 5.89. The van der Waals surface area contributed by atoms with Crippen molar-refractivity contribution >= 4 is 23.4 Å². The van der Waals surface area contributed by atoms with Crippen molar-refractivity contribution in [3.8, 4) is 17.1 Å². The molecule has 0 radical (unpaired) electrons. The molecule has 28 heavy (non-hydrogen) atoms. The molecule has 0 unspecified atom stereocenters. The van der Waals surface area contributed by atoms with Gasteiger partial charge in [0.05, 0.1) is 5.75 Å². The van der Waals surface area contributed by atoms with E-state index in [1.54, 1.807) is 12.1 Å². The van der Waals surface area contributed by atoms with E-state index in [0.717, 1.165) is 16.9 Å². The number of hydrogen-bond donors (Lipinski definition) is 0. The maximum absolute atomic E-state index is 5.89. The standard InChI is InChI=1S/C19H15ClN4O3S/c1-12-3-2-4-15(9-12)25-10-16-22-23-19(26-16)28-11-17-21-18(24-27-17)13-5-7-14(20)8-6-13/h2-9H,10-11H2,1H3. The third-order valence-corrected chi connectivity index (χ3v) is 4.74. The van der Waals surface area contributed by atoms with E-state index in [-0.39, 0.29) is 6.61 Å². The predicted octanol–water partition coefficient (Wildman–Crippen LogP) is 4.95. The minimum atomic E-state index is 0.207. The molecule has 0 atom stereocenters. The number of thioether (sulfide) groups is 1. The molecule has 0 aliphatic rings. The summed E-state index contributed by atoms with van der Waals surface area (Å²) in [6.07, 6.45) is 0. The fourth-order valence-corrected chi connectivity index (χ4v) is 3.10. The molecule has 7 nitrogen and oxygen atoms in total. The van der Waals surface area contributed by atoms with Crippen LogP contribution in [-0.2, 0) is 12.4 Å². The molecule has 0 spiro atoms. The number of nitrogens with zero attached hydrogens (tertiary/aromatic N) is 4. The first-order valence-corrected chi connectivity index (χ1v) is 9.75. The summed E-state index contributed by atoms with van der Waals surface area (Å²) in [5.41, 5.74) is 1.95. The van der Waals surface area contributed by atoms with Crippen molar-refractivity contribution in [2.45, 2.75) is 24.5 Å². The van der Waals surface area contributed by atoms with E-state index in [4.69, 9.17) is 25.3 Å². The maximum Gasteiger partial charge on any atom is 0.277 e. The van der Waals surface area contributed by atoms with Gasteiger partial charge in [-0.05, 0) is 48.9 Å². The Labute approximate surface area is 170 Å². The van der Waals surface area contributed by atoms with E-state index in [2.05, 4.69) is 20.3 Å². The van der Waals surface area contributed by atoms with Crippen LogP contribution < -0.4 is 4.74 Å². The molecule has 9 heteroatoms. The van der Waals surface area contributed by atoms with Gasteiger partial charge >= 0.3 is 0 Å². The smallest absolute Gasteiger partial charge is 0.277 e. The van der Waals surface area contributed by atoms with Gasteiger partial charge in [-0.15, -0.1) is 10.2 Å². The zero-order chi connectivity index (χ0) is 19.3. The Hall–Kier alpha value is -2.84. The lowest BCUT2D eigenvalue weighted by Crippen LogP contribution is -1.95. The summed E-state index contributed by atoms with van der Waals surface area (Å²) in [7, 11) is 0. The molecule has 0 saturated carbocycles. The Morgan fingerprint density at radius 1 is 1.07 bits per heavy atom. The highest BCUT2D eigenvalue weighted by molar-refractivity contribution is 7.98. The number of aryl methyl sites for hydroxylation is 1. The van der Waals surface area contributed by atoms with Crippen molar-refractivity contribution in [3.63, 3.8) is 0 Å². The van der Waals surface area contributed by atoms with E-state index in [1.807, 2.05) is 43.3 Å². The van der Waals surface area contributed by atoms with E-state index in [9.17, 15) is 0 Å². The van der Waals surface area contributed by atoms with Crippen molar-refractivity contribution in [1.29, 1.82) is 0 Å². The molecule has 0 N–H and O–H groups in total. The molecule has 0 saturated heterocycles. The normalized spacial score (nSPS) is 10.9. The highest BCUT2D eigenvalue weighted by atomic mass is 35.5. The second kappa shape index (κ2) is 8.45. The van der Waals surface area contributed by atoms with Crippen LogP contribution in [0.3, 0.4) is 0 Å². The van der Waals surface area contributed by atoms with Crippen molar-refractivity contribution in [2.24, 2.45) is 0 Å². The molecule has 0 aliphatic heterocycles. The van der Waals surface area contributed by atoms with Gasteiger partial charge in [-0.2, -0.15) is 4.98 Å². The van der Waals surface area contributed by atoms with Gasteiger partial charge in [0.2, 0.25) is 11.7 Å². The van der Waals surface area contributed by atoms with Gasteiger partial charge in [0.1, 0.15) is 5.75 Å². The number of halogens is 1. The van der Waals surface area contributed by atoms with E-state index >= 15 is 0 Å². The molecule has 2 aromatic carbocycles. The molecular weight excluding hydrogens is 400 g/mol. The largest absolute Gasteiger partial charge is 0.484 e. The SMILES string of the molecule is Cc1cccc(OCc2nnc(SCc3nc(-c4ccc(Cl)cc4)no3)o2)c1. The van der Waals surface area contributed by atoms with Crippen LogP contribution in [0.1, 0.15) is 17.3 Å². The van der Waals surface area contributed by atoms with E-state index < -0.39 is 0 Å². The average Bonchev–Trinajstić information content (AvgIpc) is 3.35. The summed E-state index contributed by atoms with van der Waals surface area (Å²) < 4.78 is 16.5. The fraction of sp³-hybridized carbons (Fsp3) is 0.158. The van der Waals surface area contributed by atoms with Gasteiger partial charge in [0.25, 0.3) is 11.1 Å². The first-order chi connectivity index (χ1) is 13.7. The number of rotatable bonds is 7. The van der Waals surface area contributed by atoms with Gasteiger partial charge in [-0.3, -0.25) is 0 Å². The fourth-order valence-electron chi connectivity index (χ4n) is 2.36. The average molecular weight is 415 g/mol. The summed E-state index contributed by atoms with van der Waals surface area (Å²) in [6, 6.07) is 15.0. The zero-order valence-corrected chi connectivity index (χ0v) is 16.4. The number of aromatic nitrogens is 4. The molecule has 2 heterocycles. The highest BCUT2D eigenvalue weighted by Crippen LogP contribution is 2.24. The van der Waals surface area contributed by atoms with Crippen molar-refractivity contribution in [2.75, 3.05) is 0 Å². The lowest BCUT2D eigenvalue weighted by Gasteiger charge is -2.03. The van der Waals surface area contributed by atoms with Gasteiger partial charge < -0.3 is 13.7 Å². The van der Waals surface area contributed by atoms with Crippen LogP contribution in [0.25, 0.3) is 11.4 Å². The molecular formula is C19H15ClN4O3S. The Balaban J connectivity index is 1.31. The van der Waals surface area contributed by atoms with Crippen LogP contribution in [0.5, 0.6) is 5.75 Å². The van der Waals surface area contributed by atoms with Crippen LogP contribution in [0.4, 0.5) is 0 Å². The van der Waals surface area contributed by atoms with E-state index in [1.165, 1.54) is 11.8 Å². The second-order valence-corrected chi connectivity index (χ2v) is 7.24. The highest BCUT2D eigenvalue weighted by Gasteiger charge is 2.12. The molecule has 4 aromatic rings. The molecule has 0 bridgehead atoms. The predicted molar refractivity (Wildman–Crippen MR) is 104 cm³/mol. The first kappa shape index (κ1) is 18.5. The van der Waals surface area contributed by atoms with Crippen LogP contribution in [0.2, 0.25) is 5.02 Å². The van der Waals surface area contributed by atoms with Crippen LogP contribution in [0, 0.1) is 6.92 Å². The Kier molecular flexibility index (Phi) is 5.59. The molecule has 4 rings (SSSR count). The van der Waals surface area contributed by atoms with Crippen molar-refractivity contribution in [1.82, 2.24) is 20.3 Å². The van der Waals surface area contributed by atoms with Gasteiger partial charge in [-0.1, -0.05) is 40.7 Å². The molecule has 0 amide bonds. The van der Waals surface area contributed by atoms with Crippen LogP contribution in [0.15, 0.2) is 62.7 Å². The minimum absolute atomic E-state index is 0.207. The van der Waals surface area contributed by atoms with Crippen LogP contribution >= 0.6 is 23.4 Å². The van der Waals surface area contributed by atoms with Crippen LogP contribution in [-0.4, -0.2) is 20.3 Å². The number of ether oxygens (including phenoxy) is 1. The monoisotopic (exact) mass is 414 g/mol. The first-order valence-electron chi connectivity index (χ1n) is 8.39. The summed E-state index contributed by atoms with van der Waals surface area (Å²) in [5, 5.41) is 13.0. The lowest BCUT2D eigenvalue weighted by atomic mass is 10.2. The van der Waals surface area contributed by atoms with E-state index in [0.29, 0.717) is 33.6 Å². The zero-order valence-electron chi connectivity index (χ0n) is 14.8. The second-order valence-electron chi connectivity index (χ2n) is 5.87. The Morgan fingerprint density at radius 2 is 1.93 bits per heavy atom. The van der Waals surface area contributed by atoms with Gasteiger partial charge in [0, 0.05) is 10.6 Å². The summed E-state index contributed by atoms with van der Waals surface area (Å²) in [4.78, 5) is 4.36. The topological polar surface area (TPSA) is 87.1 Å². The Bertz CT molecular complexity index is 1060. The molecule has 0 fully saturated rings. The molecule has 0 aliphatic carbocycles. The van der Waals surface area contributed by atoms with Crippen molar-refractivity contribution < 1.29 is 13.7 Å². The quantitative estimate of drug-likeness (QED) is 0.392. The third kappa shape index (κ3) is 4.71. The number of benzene rings is 2. The third-order valence-electron chi connectivity index (χ3n) is 3.69. The summed E-state index contributed by atoms with van der Waals surface area (Å²) >= 11 is 7.20. The minimum Gasteiger partial charge on any atom is -0.484 e. The summed E-state index contributed by atoms with van der Waals surface area (Å²) in [5.74, 6) is 2.54. The van der Waals surface area contributed by atoms with Crippen molar-refractivity contribution in [3.05, 3.63) is 70.9 Å². The summed E-state index contributed by atoms with van der Waals surface area (Å²) in [6.45, 7) is 2.21. The van der Waals surface area contributed by atoms with Gasteiger partial charge in [0.15, 0.2) is 6.61 Å². The number of hydrogen-bond acceptors (Lipinski definition) is 8.